The summed E-state index contributed by atoms with van der Waals surface area (Å²) < 4.78 is 5.63. The Balaban J connectivity index is 1.89. The van der Waals surface area contributed by atoms with Crippen LogP contribution in [0, 0.1) is 20.8 Å². The Kier molecular flexibility index (Phi) is 4.94. The first-order chi connectivity index (χ1) is 12.3. The fourth-order valence-electron chi connectivity index (χ4n) is 2.51. The molecule has 2 aromatic heterocycles. The second-order valence-corrected chi connectivity index (χ2v) is 6.73. The van der Waals surface area contributed by atoms with Gasteiger partial charge >= 0.3 is 0 Å². The molecule has 0 aliphatic carbocycles. The van der Waals surface area contributed by atoms with E-state index in [1.165, 1.54) is 0 Å². The fourth-order valence-corrected chi connectivity index (χ4v) is 2.90. The first kappa shape index (κ1) is 18.3. The summed E-state index contributed by atoms with van der Waals surface area (Å²) in [6, 6.07) is 8.21. The molecule has 2 N–H and O–H groups in total. The van der Waals surface area contributed by atoms with Crippen molar-refractivity contribution in [1.29, 1.82) is 0 Å². The number of aryl methyl sites for hydroxylation is 1. The first-order valence-corrected chi connectivity index (χ1v) is 8.57. The molecule has 0 fully saturated rings. The Morgan fingerprint density at radius 2 is 1.85 bits per heavy atom. The topological polar surface area (TPSA) is 75.4 Å². The summed E-state index contributed by atoms with van der Waals surface area (Å²) in [4.78, 5) is 16.7. The highest BCUT2D eigenvalue weighted by atomic mass is 35.5. The van der Waals surface area contributed by atoms with E-state index in [-0.39, 0.29) is 11.5 Å². The van der Waals surface area contributed by atoms with Gasteiger partial charge in [-0.05, 0) is 62.2 Å². The Morgan fingerprint density at radius 3 is 2.58 bits per heavy atom. The number of rotatable bonds is 3. The van der Waals surface area contributed by atoms with Crippen LogP contribution in [0.25, 0.3) is 11.3 Å². The van der Waals surface area contributed by atoms with Crippen LogP contribution in [0.5, 0.6) is 5.75 Å². The van der Waals surface area contributed by atoms with Gasteiger partial charge in [0.2, 0.25) is 0 Å². The van der Waals surface area contributed by atoms with E-state index in [0.717, 1.165) is 0 Å². The van der Waals surface area contributed by atoms with Crippen molar-refractivity contribution in [3.05, 3.63) is 63.0 Å². The van der Waals surface area contributed by atoms with Crippen LogP contribution < -0.4 is 5.32 Å². The number of furan rings is 1. The number of anilines is 1. The number of hydrogen-bond acceptors (Lipinski definition) is 4. The van der Waals surface area contributed by atoms with Crippen molar-refractivity contribution in [3.63, 3.8) is 0 Å². The maximum Gasteiger partial charge on any atom is 0.292 e. The van der Waals surface area contributed by atoms with E-state index < -0.39 is 5.91 Å². The summed E-state index contributed by atoms with van der Waals surface area (Å²) in [6.07, 6.45) is 0. The van der Waals surface area contributed by atoms with Gasteiger partial charge < -0.3 is 14.8 Å². The van der Waals surface area contributed by atoms with Gasteiger partial charge in [0.25, 0.3) is 5.91 Å². The van der Waals surface area contributed by atoms with E-state index in [2.05, 4.69) is 10.3 Å². The lowest BCUT2D eigenvalue weighted by molar-refractivity contribution is 0.0997. The number of carbonyl (C=O) groups is 1. The zero-order valence-electron chi connectivity index (χ0n) is 14.4. The predicted octanol–water partition coefficient (Wildman–Crippen LogP) is 5.53. The highest BCUT2D eigenvalue weighted by Gasteiger charge is 2.18. The summed E-state index contributed by atoms with van der Waals surface area (Å²) in [5.41, 5.74) is 2.39. The molecular formula is C19H16Cl2N2O3. The summed E-state index contributed by atoms with van der Waals surface area (Å²) in [6.45, 7) is 5.21. The summed E-state index contributed by atoms with van der Waals surface area (Å²) in [7, 11) is 0. The highest BCUT2D eigenvalue weighted by molar-refractivity contribution is 6.35. The second-order valence-electron chi connectivity index (χ2n) is 5.89. The molecule has 5 nitrogen and oxygen atoms in total. The van der Waals surface area contributed by atoms with E-state index in [4.69, 9.17) is 27.6 Å². The number of benzene rings is 1. The van der Waals surface area contributed by atoms with E-state index in [1.807, 2.05) is 0 Å². The van der Waals surface area contributed by atoms with E-state index >= 15 is 0 Å². The third-order valence-electron chi connectivity index (χ3n) is 4.15. The molecule has 0 aliphatic heterocycles. The monoisotopic (exact) mass is 390 g/mol. The van der Waals surface area contributed by atoms with Crippen molar-refractivity contribution >= 4 is 34.9 Å². The zero-order chi connectivity index (χ0) is 19.0. The molecule has 2 heterocycles. The Labute approximate surface area is 160 Å². The Hall–Kier alpha value is -2.50. The van der Waals surface area contributed by atoms with Gasteiger partial charge in [-0.25, -0.2) is 4.98 Å². The molecule has 1 amide bonds. The van der Waals surface area contributed by atoms with E-state index in [0.29, 0.717) is 44.0 Å². The van der Waals surface area contributed by atoms with Gasteiger partial charge in [-0.1, -0.05) is 23.2 Å². The lowest BCUT2D eigenvalue weighted by Gasteiger charge is -2.12. The molecular weight excluding hydrogens is 375 g/mol. The molecule has 0 spiro atoms. The SMILES string of the molecule is Cc1nc(NC(=O)c2ccc(-c3cc(Cl)ccc3Cl)o2)c(C)c(C)c1O. The number of carbonyl (C=O) groups excluding carboxylic acids is 1. The van der Waals surface area contributed by atoms with Crippen molar-refractivity contribution in [1.82, 2.24) is 4.98 Å². The average molecular weight is 391 g/mol. The summed E-state index contributed by atoms with van der Waals surface area (Å²) in [5.74, 6) is 0.596. The third kappa shape index (κ3) is 3.41. The van der Waals surface area contributed by atoms with E-state index in [1.54, 1.807) is 51.1 Å². The number of pyridine rings is 1. The smallest absolute Gasteiger partial charge is 0.292 e. The molecule has 26 heavy (non-hydrogen) atoms. The van der Waals surface area contributed by atoms with Gasteiger partial charge in [0, 0.05) is 10.6 Å². The lowest BCUT2D eigenvalue weighted by Crippen LogP contribution is -2.14. The van der Waals surface area contributed by atoms with Gasteiger partial charge in [-0.2, -0.15) is 0 Å². The minimum atomic E-state index is -0.450. The first-order valence-electron chi connectivity index (χ1n) is 7.81. The van der Waals surface area contributed by atoms with Gasteiger partial charge in [0.15, 0.2) is 5.76 Å². The largest absolute Gasteiger partial charge is 0.506 e. The normalized spacial score (nSPS) is 10.8. The number of nitrogens with zero attached hydrogens (tertiary/aromatic N) is 1. The Morgan fingerprint density at radius 1 is 1.12 bits per heavy atom. The van der Waals surface area contributed by atoms with Crippen LogP contribution in [0.3, 0.4) is 0 Å². The molecule has 7 heteroatoms. The number of nitrogens with one attached hydrogen (secondary N) is 1. The van der Waals surface area contributed by atoms with Crippen molar-refractivity contribution in [2.45, 2.75) is 20.8 Å². The third-order valence-corrected chi connectivity index (χ3v) is 4.72. The summed E-state index contributed by atoms with van der Waals surface area (Å²) in [5, 5.41) is 13.6. The number of aromatic hydroxyl groups is 1. The molecule has 1 aromatic carbocycles. The van der Waals surface area contributed by atoms with Crippen LogP contribution >= 0.6 is 23.2 Å². The van der Waals surface area contributed by atoms with Crippen LogP contribution in [0.1, 0.15) is 27.4 Å². The second kappa shape index (κ2) is 7.02. The number of halogens is 2. The molecule has 0 atom stereocenters. The minimum Gasteiger partial charge on any atom is -0.506 e. The number of aromatic nitrogens is 1. The molecule has 0 radical (unpaired) electrons. The molecule has 0 bridgehead atoms. The van der Waals surface area contributed by atoms with Gasteiger partial charge in [0.1, 0.15) is 17.3 Å². The van der Waals surface area contributed by atoms with Crippen LogP contribution in [0.2, 0.25) is 10.0 Å². The van der Waals surface area contributed by atoms with Crippen molar-refractivity contribution < 1.29 is 14.3 Å². The average Bonchev–Trinajstić information content (AvgIpc) is 3.10. The van der Waals surface area contributed by atoms with Crippen LogP contribution in [-0.2, 0) is 0 Å². The van der Waals surface area contributed by atoms with Gasteiger partial charge in [-0.3, -0.25) is 4.79 Å². The predicted molar refractivity (Wildman–Crippen MR) is 102 cm³/mol. The zero-order valence-corrected chi connectivity index (χ0v) is 15.9. The van der Waals surface area contributed by atoms with Crippen molar-refractivity contribution in [2.24, 2.45) is 0 Å². The summed E-state index contributed by atoms with van der Waals surface area (Å²) >= 11 is 12.2. The van der Waals surface area contributed by atoms with Crippen LogP contribution in [-0.4, -0.2) is 16.0 Å². The molecule has 0 saturated heterocycles. The Bertz CT molecular complexity index is 1010. The maximum absolute atomic E-state index is 12.5. The molecule has 134 valence electrons. The van der Waals surface area contributed by atoms with Crippen LogP contribution in [0.4, 0.5) is 5.82 Å². The maximum atomic E-state index is 12.5. The lowest BCUT2D eigenvalue weighted by atomic mass is 10.1. The minimum absolute atomic E-state index is 0.112. The molecule has 0 unspecified atom stereocenters. The molecule has 0 saturated carbocycles. The van der Waals surface area contributed by atoms with Gasteiger partial charge in [-0.15, -0.1) is 0 Å². The number of amides is 1. The fraction of sp³-hybridized carbons (Fsp3) is 0.158. The number of hydrogen-bond donors (Lipinski definition) is 2. The van der Waals surface area contributed by atoms with E-state index in [9.17, 15) is 9.90 Å². The standard InChI is InChI=1S/C19H16Cl2N2O3/c1-9-10(2)18(22-11(3)17(9)24)23-19(25)16-7-6-15(26-16)13-8-12(20)4-5-14(13)21/h4-8,24H,1-3H3,(H,22,23,25). The van der Waals surface area contributed by atoms with Crippen molar-refractivity contribution in [3.8, 4) is 17.1 Å². The van der Waals surface area contributed by atoms with Crippen LogP contribution in [0.15, 0.2) is 34.7 Å². The molecule has 3 rings (SSSR count). The van der Waals surface area contributed by atoms with Gasteiger partial charge in [0.05, 0.1) is 10.7 Å². The quantitative estimate of drug-likeness (QED) is 0.616. The molecule has 3 aromatic rings. The van der Waals surface area contributed by atoms with Crippen molar-refractivity contribution in [2.75, 3.05) is 5.32 Å². The molecule has 0 aliphatic rings. The highest BCUT2D eigenvalue weighted by Crippen LogP contribution is 2.32.